The lowest BCUT2D eigenvalue weighted by molar-refractivity contribution is -0.137. The molecule has 0 radical (unpaired) electrons. The van der Waals surface area contributed by atoms with E-state index in [1.807, 2.05) is 0 Å². The van der Waals surface area contributed by atoms with Crippen LogP contribution in [0.4, 0.5) is 5.69 Å². The second kappa shape index (κ2) is 5.47. The SMILES string of the molecule is Cc1cc(C(=O)Nc2cnn(CC(=O)O)c2)c(C)nn1. The van der Waals surface area contributed by atoms with Crippen LogP contribution in [-0.4, -0.2) is 37.0 Å². The van der Waals surface area contributed by atoms with Crippen molar-refractivity contribution in [2.24, 2.45) is 0 Å². The number of carbonyl (C=O) groups is 2. The monoisotopic (exact) mass is 275 g/mol. The molecule has 1 amide bonds. The number of hydrogen-bond acceptors (Lipinski definition) is 5. The van der Waals surface area contributed by atoms with Crippen molar-refractivity contribution in [1.82, 2.24) is 20.0 Å². The molecular weight excluding hydrogens is 262 g/mol. The zero-order chi connectivity index (χ0) is 14.7. The third-order valence-corrected chi connectivity index (χ3v) is 2.53. The van der Waals surface area contributed by atoms with Gasteiger partial charge in [-0.1, -0.05) is 0 Å². The van der Waals surface area contributed by atoms with E-state index >= 15 is 0 Å². The molecule has 0 fully saturated rings. The fraction of sp³-hybridized carbons (Fsp3) is 0.250. The molecule has 0 spiro atoms. The summed E-state index contributed by atoms with van der Waals surface area (Å²) in [5.74, 6) is -1.34. The molecule has 104 valence electrons. The molecule has 0 aliphatic rings. The molecule has 0 bridgehead atoms. The molecule has 2 aromatic heterocycles. The first-order valence-corrected chi connectivity index (χ1v) is 5.82. The number of amides is 1. The summed E-state index contributed by atoms with van der Waals surface area (Å²) in [5.41, 5.74) is 2.00. The van der Waals surface area contributed by atoms with Crippen LogP contribution in [0.25, 0.3) is 0 Å². The Kier molecular flexibility index (Phi) is 3.74. The van der Waals surface area contributed by atoms with Crippen molar-refractivity contribution in [3.05, 3.63) is 35.4 Å². The third-order valence-electron chi connectivity index (χ3n) is 2.53. The number of hydrogen-bond donors (Lipinski definition) is 2. The van der Waals surface area contributed by atoms with Crippen LogP contribution in [-0.2, 0) is 11.3 Å². The average Bonchev–Trinajstić information content (AvgIpc) is 2.78. The second-order valence-electron chi connectivity index (χ2n) is 4.26. The largest absolute Gasteiger partial charge is 0.480 e. The number of aromatic nitrogens is 4. The Labute approximate surface area is 114 Å². The van der Waals surface area contributed by atoms with Gasteiger partial charge in [0.1, 0.15) is 6.54 Å². The molecule has 2 aromatic rings. The normalized spacial score (nSPS) is 10.3. The molecule has 20 heavy (non-hydrogen) atoms. The van der Waals surface area contributed by atoms with Crippen LogP contribution in [0, 0.1) is 13.8 Å². The summed E-state index contributed by atoms with van der Waals surface area (Å²) in [7, 11) is 0. The van der Waals surface area contributed by atoms with E-state index in [2.05, 4.69) is 20.6 Å². The number of rotatable bonds is 4. The van der Waals surface area contributed by atoms with E-state index < -0.39 is 5.97 Å². The van der Waals surface area contributed by atoms with Crippen LogP contribution < -0.4 is 5.32 Å². The number of anilines is 1. The third kappa shape index (κ3) is 3.16. The molecule has 0 aliphatic carbocycles. The van der Waals surface area contributed by atoms with Crippen LogP contribution in [0.15, 0.2) is 18.5 Å². The highest BCUT2D eigenvalue weighted by molar-refractivity contribution is 6.04. The summed E-state index contributed by atoms with van der Waals surface area (Å²) in [6.45, 7) is 3.17. The van der Waals surface area contributed by atoms with Crippen molar-refractivity contribution < 1.29 is 14.7 Å². The lowest BCUT2D eigenvalue weighted by atomic mass is 10.2. The maximum atomic E-state index is 12.1. The van der Waals surface area contributed by atoms with Crippen LogP contribution in [0.5, 0.6) is 0 Å². The van der Waals surface area contributed by atoms with E-state index in [1.54, 1.807) is 19.9 Å². The number of carboxylic acids is 1. The molecule has 0 saturated heterocycles. The number of aryl methyl sites for hydroxylation is 2. The summed E-state index contributed by atoms with van der Waals surface area (Å²) >= 11 is 0. The fourth-order valence-electron chi connectivity index (χ4n) is 1.63. The molecule has 2 heterocycles. The van der Waals surface area contributed by atoms with Gasteiger partial charge in [0, 0.05) is 6.20 Å². The van der Waals surface area contributed by atoms with Crippen molar-refractivity contribution >= 4 is 17.6 Å². The van der Waals surface area contributed by atoms with E-state index in [0.717, 1.165) is 0 Å². The predicted molar refractivity (Wildman–Crippen MR) is 69.3 cm³/mol. The van der Waals surface area contributed by atoms with E-state index in [0.29, 0.717) is 22.6 Å². The average molecular weight is 275 g/mol. The highest BCUT2D eigenvalue weighted by Gasteiger charge is 2.12. The maximum absolute atomic E-state index is 12.1. The summed E-state index contributed by atoms with van der Waals surface area (Å²) in [6.07, 6.45) is 2.83. The van der Waals surface area contributed by atoms with E-state index in [9.17, 15) is 9.59 Å². The van der Waals surface area contributed by atoms with Gasteiger partial charge in [0.15, 0.2) is 0 Å². The molecule has 2 N–H and O–H groups in total. The molecule has 0 atom stereocenters. The Morgan fingerprint density at radius 3 is 2.80 bits per heavy atom. The molecule has 8 nitrogen and oxygen atoms in total. The van der Waals surface area contributed by atoms with Crippen LogP contribution in [0.2, 0.25) is 0 Å². The maximum Gasteiger partial charge on any atom is 0.325 e. The van der Waals surface area contributed by atoms with Crippen molar-refractivity contribution in [1.29, 1.82) is 0 Å². The minimum Gasteiger partial charge on any atom is -0.480 e. The van der Waals surface area contributed by atoms with E-state index in [1.165, 1.54) is 17.1 Å². The van der Waals surface area contributed by atoms with E-state index in [4.69, 9.17) is 5.11 Å². The molecule has 0 unspecified atom stereocenters. The standard InChI is InChI=1S/C12H13N5O3/c1-7-3-10(8(2)16-15-7)12(20)14-9-4-13-17(5-9)6-11(18)19/h3-5H,6H2,1-2H3,(H,14,20)(H,18,19). The van der Waals surface area contributed by atoms with Gasteiger partial charge >= 0.3 is 5.97 Å². The molecule has 2 rings (SSSR count). The Morgan fingerprint density at radius 1 is 1.35 bits per heavy atom. The van der Waals surface area contributed by atoms with Crippen molar-refractivity contribution in [3.8, 4) is 0 Å². The first-order chi connectivity index (χ1) is 9.45. The molecule has 0 saturated carbocycles. The summed E-state index contributed by atoms with van der Waals surface area (Å²) in [4.78, 5) is 22.6. The fourth-order valence-corrected chi connectivity index (χ4v) is 1.63. The second-order valence-corrected chi connectivity index (χ2v) is 4.26. The van der Waals surface area contributed by atoms with Crippen LogP contribution >= 0.6 is 0 Å². The minimum absolute atomic E-state index is 0.259. The first-order valence-electron chi connectivity index (χ1n) is 5.82. The highest BCUT2D eigenvalue weighted by atomic mass is 16.4. The molecule has 0 aliphatic heterocycles. The predicted octanol–water partition coefficient (Wildman–Crippen LogP) is 0.627. The lowest BCUT2D eigenvalue weighted by Crippen LogP contribution is -2.15. The Balaban J connectivity index is 2.13. The number of aliphatic carboxylic acids is 1. The Hall–Kier alpha value is -2.77. The first kappa shape index (κ1) is 13.7. The minimum atomic E-state index is -1.00. The van der Waals surface area contributed by atoms with Gasteiger partial charge in [-0.25, -0.2) is 0 Å². The van der Waals surface area contributed by atoms with Crippen molar-refractivity contribution in [3.63, 3.8) is 0 Å². The summed E-state index contributed by atoms with van der Waals surface area (Å²) in [6, 6.07) is 1.64. The quantitative estimate of drug-likeness (QED) is 0.846. The number of nitrogens with zero attached hydrogens (tertiary/aromatic N) is 4. The lowest BCUT2D eigenvalue weighted by Gasteiger charge is -2.05. The van der Waals surface area contributed by atoms with Crippen LogP contribution in [0.1, 0.15) is 21.7 Å². The molecule has 8 heteroatoms. The van der Waals surface area contributed by atoms with Gasteiger partial charge in [-0.2, -0.15) is 15.3 Å². The zero-order valence-corrected chi connectivity index (χ0v) is 11.0. The van der Waals surface area contributed by atoms with Gasteiger partial charge in [0.2, 0.25) is 0 Å². The van der Waals surface area contributed by atoms with Gasteiger partial charge < -0.3 is 10.4 Å². The summed E-state index contributed by atoms with van der Waals surface area (Å²) in [5, 5.41) is 22.8. The van der Waals surface area contributed by atoms with Gasteiger partial charge in [-0.3, -0.25) is 14.3 Å². The number of carbonyl (C=O) groups excluding carboxylic acids is 1. The Bertz CT molecular complexity index is 665. The topological polar surface area (TPSA) is 110 Å². The van der Waals surface area contributed by atoms with Gasteiger partial charge in [-0.15, -0.1) is 0 Å². The van der Waals surface area contributed by atoms with Gasteiger partial charge in [0.25, 0.3) is 5.91 Å². The number of nitrogens with one attached hydrogen (secondary N) is 1. The molecule has 0 aromatic carbocycles. The van der Waals surface area contributed by atoms with Gasteiger partial charge in [0.05, 0.1) is 28.8 Å². The zero-order valence-electron chi connectivity index (χ0n) is 11.0. The van der Waals surface area contributed by atoms with E-state index in [-0.39, 0.29) is 12.5 Å². The van der Waals surface area contributed by atoms with Crippen molar-refractivity contribution in [2.75, 3.05) is 5.32 Å². The van der Waals surface area contributed by atoms with Gasteiger partial charge in [-0.05, 0) is 19.9 Å². The van der Waals surface area contributed by atoms with Crippen LogP contribution in [0.3, 0.4) is 0 Å². The smallest absolute Gasteiger partial charge is 0.325 e. The molecular formula is C12H13N5O3. The Morgan fingerprint density at radius 2 is 2.10 bits per heavy atom. The van der Waals surface area contributed by atoms with Crippen molar-refractivity contribution in [2.45, 2.75) is 20.4 Å². The highest BCUT2D eigenvalue weighted by Crippen LogP contribution is 2.10. The number of carboxylic acid groups (broad SMARTS) is 1. The summed E-state index contributed by atoms with van der Waals surface area (Å²) < 4.78 is 1.22.